The van der Waals surface area contributed by atoms with Gasteiger partial charge in [-0.05, 0) is 24.3 Å². The van der Waals surface area contributed by atoms with Crippen LogP contribution in [0.4, 0.5) is 15.8 Å². The van der Waals surface area contributed by atoms with Crippen LogP contribution in [0.3, 0.4) is 0 Å². The highest BCUT2D eigenvalue weighted by Gasteiger charge is 2.35. The summed E-state index contributed by atoms with van der Waals surface area (Å²) in [5.74, 6) is -0.409. The molecule has 1 fully saturated rings. The summed E-state index contributed by atoms with van der Waals surface area (Å²) < 4.78 is 13.3. The van der Waals surface area contributed by atoms with Crippen LogP contribution in [0.1, 0.15) is 23.7 Å². The van der Waals surface area contributed by atoms with Gasteiger partial charge in [0.25, 0.3) is 11.6 Å². The number of nitrogens with zero attached hydrogens (tertiary/aromatic N) is 2. The molecular weight excluding hydrogens is 265 g/mol. The second-order valence-corrected chi connectivity index (χ2v) is 5.31. The van der Waals surface area contributed by atoms with E-state index in [2.05, 4.69) is 6.92 Å². The maximum Gasteiger partial charge on any atom is 0.285 e. The summed E-state index contributed by atoms with van der Waals surface area (Å²) in [6, 6.07) is 1.72. The van der Waals surface area contributed by atoms with Crippen molar-refractivity contribution < 1.29 is 14.1 Å². The molecule has 0 aliphatic heterocycles. The molecule has 2 N–H and O–H groups in total. The van der Waals surface area contributed by atoms with E-state index in [4.69, 9.17) is 5.73 Å². The molecule has 0 radical (unpaired) electrons. The van der Waals surface area contributed by atoms with Gasteiger partial charge in [-0.15, -0.1) is 0 Å². The number of anilines is 1. The van der Waals surface area contributed by atoms with Crippen LogP contribution in [-0.4, -0.2) is 29.3 Å². The van der Waals surface area contributed by atoms with Crippen LogP contribution in [0.2, 0.25) is 0 Å². The van der Waals surface area contributed by atoms with Crippen LogP contribution in [0, 0.1) is 27.8 Å². The Morgan fingerprint density at radius 3 is 2.70 bits per heavy atom. The zero-order valence-electron chi connectivity index (χ0n) is 11.3. The van der Waals surface area contributed by atoms with Gasteiger partial charge in [0.1, 0.15) is 5.56 Å². The highest BCUT2D eigenvalue weighted by Crippen LogP contribution is 2.38. The zero-order valence-corrected chi connectivity index (χ0v) is 11.3. The van der Waals surface area contributed by atoms with Crippen molar-refractivity contribution in [1.82, 2.24) is 4.90 Å². The number of nitro benzene ring substituents is 1. The molecule has 0 bridgehead atoms. The second kappa shape index (κ2) is 5.07. The van der Waals surface area contributed by atoms with Gasteiger partial charge < -0.3 is 10.6 Å². The number of hydrogen-bond donors (Lipinski definition) is 1. The van der Waals surface area contributed by atoms with Crippen molar-refractivity contribution >= 4 is 17.3 Å². The molecule has 108 valence electrons. The minimum Gasteiger partial charge on any atom is -0.396 e. The summed E-state index contributed by atoms with van der Waals surface area (Å²) in [5.41, 5.74) is 4.39. The summed E-state index contributed by atoms with van der Waals surface area (Å²) in [6.45, 7) is 2.62. The predicted molar refractivity (Wildman–Crippen MR) is 71.7 cm³/mol. The van der Waals surface area contributed by atoms with E-state index in [1.807, 2.05) is 0 Å². The molecule has 1 saturated carbocycles. The van der Waals surface area contributed by atoms with E-state index in [1.165, 1.54) is 4.90 Å². The van der Waals surface area contributed by atoms with Crippen LogP contribution >= 0.6 is 0 Å². The van der Waals surface area contributed by atoms with E-state index in [0.29, 0.717) is 24.4 Å². The van der Waals surface area contributed by atoms with Gasteiger partial charge in [-0.25, -0.2) is 4.39 Å². The molecule has 1 aliphatic carbocycles. The molecule has 2 unspecified atom stereocenters. The van der Waals surface area contributed by atoms with Crippen molar-refractivity contribution in [2.45, 2.75) is 13.3 Å². The smallest absolute Gasteiger partial charge is 0.285 e. The Kier molecular flexibility index (Phi) is 3.61. The highest BCUT2D eigenvalue weighted by molar-refractivity contribution is 5.99. The third-order valence-corrected chi connectivity index (χ3v) is 3.67. The second-order valence-electron chi connectivity index (χ2n) is 5.31. The lowest BCUT2D eigenvalue weighted by atomic mass is 10.1. The normalized spacial score (nSPS) is 20.6. The molecule has 1 aliphatic rings. The van der Waals surface area contributed by atoms with Crippen LogP contribution in [-0.2, 0) is 0 Å². The van der Waals surface area contributed by atoms with Crippen LogP contribution in [0.25, 0.3) is 0 Å². The van der Waals surface area contributed by atoms with Gasteiger partial charge in [-0.2, -0.15) is 0 Å². The number of amides is 1. The Hall–Kier alpha value is -2.18. The van der Waals surface area contributed by atoms with E-state index in [0.717, 1.165) is 12.5 Å². The van der Waals surface area contributed by atoms with Gasteiger partial charge in [0, 0.05) is 13.6 Å². The van der Waals surface area contributed by atoms with E-state index in [-0.39, 0.29) is 11.3 Å². The molecule has 1 amide bonds. The Morgan fingerprint density at radius 1 is 1.60 bits per heavy atom. The Bertz CT molecular complexity index is 576. The van der Waals surface area contributed by atoms with Gasteiger partial charge in [0.2, 0.25) is 0 Å². The first-order valence-corrected chi connectivity index (χ1v) is 6.30. The summed E-state index contributed by atoms with van der Waals surface area (Å²) in [5, 5.41) is 10.9. The lowest BCUT2D eigenvalue weighted by molar-refractivity contribution is -0.385. The third kappa shape index (κ3) is 2.71. The largest absolute Gasteiger partial charge is 0.396 e. The first-order valence-electron chi connectivity index (χ1n) is 6.30. The van der Waals surface area contributed by atoms with Gasteiger partial charge >= 0.3 is 0 Å². The predicted octanol–water partition coefficient (Wildman–Crippen LogP) is 2.04. The van der Waals surface area contributed by atoms with E-state index < -0.39 is 22.3 Å². The maximum atomic E-state index is 13.3. The summed E-state index contributed by atoms with van der Waals surface area (Å²) in [7, 11) is 1.58. The first-order chi connectivity index (χ1) is 9.31. The number of hydrogen-bond acceptors (Lipinski definition) is 4. The van der Waals surface area contributed by atoms with E-state index in [9.17, 15) is 19.3 Å². The fourth-order valence-corrected chi connectivity index (χ4v) is 2.20. The summed E-state index contributed by atoms with van der Waals surface area (Å²) in [4.78, 5) is 23.8. The van der Waals surface area contributed by atoms with Crippen molar-refractivity contribution in [2.75, 3.05) is 19.3 Å². The molecule has 6 nitrogen and oxygen atoms in total. The molecular formula is C13H16FN3O3. The molecule has 0 aromatic heterocycles. The lowest BCUT2D eigenvalue weighted by Gasteiger charge is -2.17. The zero-order chi connectivity index (χ0) is 15.0. The monoisotopic (exact) mass is 281 g/mol. The molecule has 0 heterocycles. The van der Waals surface area contributed by atoms with Gasteiger partial charge in [0.05, 0.1) is 16.7 Å². The van der Waals surface area contributed by atoms with Crippen molar-refractivity contribution in [3.05, 3.63) is 33.6 Å². The number of carbonyl (C=O) groups excluding carboxylic acids is 1. The van der Waals surface area contributed by atoms with Gasteiger partial charge in [0.15, 0.2) is 5.82 Å². The average Bonchev–Trinajstić information content (AvgIpc) is 3.06. The summed E-state index contributed by atoms with van der Waals surface area (Å²) in [6.07, 6.45) is 1.05. The van der Waals surface area contributed by atoms with E-state index in [1.54, 1.807) is 7.05 Å². The molecule has 0 saturated heterocycles. The van der Waals surface area contributed by atoms with Gasteiger partial charge in [-0.1, -0.05) is 6.92 Å². The van der Waals surface area contributed by atoms with Crippen molar-refractivity contribution in [1.29, 1.82) is 0 Å². The molecule has 20 heavy (non-hydrogen) atoms. The van der Waals surface area contributed by atoms with Gasteiger partial charge in [-0.3, -0.25) is 14.9 Å². The number of nitrogen functional groups attached to an aromatic ring is 1. The Labute approximate surface area is 115 Å². The van der Waals surface area contributed by atoms with Crippen molar-refractivity contribution in [2.24, 2.45) is 11.8 Å². The van der Waals surface area contributed by atoms with Crippen LogP contribution in [0.15, 0.2) is 12.1 Å². The van der Waals surface area contributed by atoms with Crippen molar-refractivity contribution in [3.8, 4) is 0 Å². The number of nitro groups is 1. The third-order valence-electron chi connectivity index (χ3n) is 3.67. The van der Waals surface area contributed by atoms with Crippen LogP contribution < -0.4 is 5.73 Å². The molecule has 2 rings (SSSR count). The lowest BCUT2D eigenvalue weighted by Crippen LogP contribution is -2.29. The number of rotatable bonds is 4. The standard InChI is InChI=1S/C13H16FN3O3/c1-7-3-8(7)6-16(2)13(18)9-4-11(15)10(14)5-12(9)17(19)20/h4-5,7-8H,3,6,15H2,1-2H3. The molecule has 1 aromatic rings. The molecule has 0 spiro atoms. The minimum atomic E-state index is -0.897. The number of nitrogens with two attached hydrogens (primary N) is 1. The maximum absolute atomic E-state index is 13.3. The fourth-order valence-electron chi connectivity index (χ4n) is 2.20. The summed E-state index contributed by atoms with van der Waals surface area (Å²) >= 11 is 0. The first kappa shape index (κ1) is 14.2. The van der Waals surface area contributed by atoms with Crippen molar-refractivity contribution in [3.63, 3.8) is 0 Å². The fraction of sp³-hybridized carbons (Fsp3) is 0.462. The average molecular weight is 281 g/mol. The molecule has 7 heteroatoms. The van der Waals surface area contributed by atoms with Crippen LogP contribution in [0.5, 0.6) is 0 Å². The van der Waals surface area contributed by atoms with E-state index >= 15 is 0 Å². The minimum absolute atomic E-state index is 0.176. The molecule has 1 aromatic carbocycles. The Balaban J connectivity index is 2.28. The topological polar surface area (TPSA) is 89.5 Å². The SMILES string of the molecule is CC1CC1CN(C)C(=O)c1cc(N)c(F)cc1[N+](=O)[O-]. The molecule has 2 atom stereocenters. The number of benzene rings is 1. The number of halogens is 1. The number of carbonyl (C=O) groups is 1. The highest BCUT2D eigenvalue weighted by atomic mass is 19.1. The quantitative estimate of drug-likeness (QED) is 0.519. The Morgan fingerprint density at radius 2 is 2.20 bits per heavy atom.